The number of fused-ring (bicyclic) bond motifs is 4. The molecule has 10 atom stereocenters. The summed E-state index contributed by atoms with van der Waals surface area (Å²) in [4.78, 5) is 37.7. The van der Waals surface area contributed by atoms with Crippen LogP contribution < -0.4 is 5.32 Å². The first kappa shape index (κ1) is 31.7. The number of epoxide rings is 3. The molecule has 0 aromatic rings. The van der Waals surface area contributed by atoms with Crippen LogP contribution >= 0.6 is 21.6 Å². The summed E-state index contributed by atoms with van der Waals surface area (Å²) in [5.74, 6) is 1.26. The summed E-state index contributed by atoms with van der Waals surface area (Å²) in [5.41, 5.74) is -0.573. The summed E-state index contributed by atoms with van der Waals surface area (Å²) in [6, 6.07) is 0. The van der Waals surface area contributed by atoms with Crippen molar-refractivity contribution in [1.82, 2.24) is 5.32 Å². The Bertz CT molecular complexity index is 1320. The highest BCUT2D eigenvalue weighted by Gasteiger charge is 3.01. The molecule has 0 aromatic heterocycles. The van der Waals surface area contributed by atoms with Crippen LogP contribution in [0, 0.1) is 17.3 Å². The fourth-order valence-corrected chi connectivity index (χ4v) is 12.9. The number of hydrogen-bond donors (Lipinski definition) is 1. The maximum absolute atomic E-state index is 13.2. The van der Waals surface area contributed by atoms with Gasteiger partial charge in [-0.3, -0.25) is 4.79 Å². The van der Waals surface area contributed by atoms with Crippen LogP contribution in [0.4, 0.5) is 4.79 Å². The van der Waals surface area contributed by atoms with Crippen LogP contribution in [0.3, 0.4) is 0 Å². The molecule has 0 bridgehead atoms. The van der Waals surface area contributed by atoms with E-state index in [0.717, 1.165) is 42.1 Å². The van der Waals surface area contributed by atoms with Crippen molar-refractivity contribution in [1.29, 1.82) is 0 Å². The number of unbranched alkanes of at least 4 members (excludes halogenated alkanes) is 1. The summed E-state index contributed by atoms with van der Waals surface area (Å²) >= 11 is 0. The highest BCUT2D eigenvalue weighted by Crippen LogP contribution is 2.83. The van der Waals surface area contributed by atoms with Crippen molar-refractivity contribution in [3.05, 3.63) is 11.1 Å². The number of carbonyl (C=O) groups excluding carboxylic acids is 3. The highest BCUT2D eigenvalue weighted by atomic mass is 33.1. The molecule has 11 nitrogen and oxygen atoms in total. The van der Waals surface area contributed by atoms with Crippen molar-refractivity contribution >= 4 is 39.6 Å². The van der Waals surface area contributed by atoms with Gasteiger partial charge in [-0.05, 0) is 55.9 Å². The molecule has 1 unspecified atom stereocenters. The SMILES string of the molecule is CC(C)[C@]12O[C@H]1[C@@H]1O[C@]13[C@]1(O[C@H]1C[C@H]1C4=C(CC[C@@]13C)C(=O)OC4)[C@@H]2OC(=O)OCCOCCNC(=O)CCCCC1CCSS1. The summed E-state index contributed by atoms with van der Waals surface area (Å²) in [5, 5.41) is 3.64. The number of carbonyl (C=O) groups is 3. The average molecular weight is 680 g/mol. The normalized spacial score (nSPS) is 43.8. The first-order valence-electron chi connectivity index (χ1n) is 17.1. The van der Waals surface area contributed by atoms with E-state index in [2.05, 4.69) is 26.1 Å². The van der Waals surface area contributed by atoms with Crippen molar-refractivity contribution < 1.29 is 47.5 Å². The van der Waals surface area contributed by atoms with Crippen LogP contribution in [-0.2, 0) is 42.7 Å². The number of cyclic esters (lactones) is 1. The molecule has 0 radical (unpaired) electrons. The molecule has 254 valence electrons. The molecule has 13 heteroatoms. The van der Waals surface area contributed by atoms with Gasteiger partial charge >= 0.3 is 12.1 Å². The van der Waals surface area contributed by atoms with E-state index >= 15 is 0 Å². The predicted octanol–water partition coefficient (Wildman–Crippen LogP) is 4.11. The monoisotopic (exact) mass is 679 g/mol. The van der Waals surface area contributed by atoms with Crippen molar-refractivity contribution in [3.8, 4) is 0 Å². The predicted molar refractivity (Wildman–Crippen MR) is 168 cm³/mol. The lowest BCUT2D eigenvalue weighted by molar-refractivity contribution is -0.136. The molecule has 1 amide bonds. The van der Waals surface area contributed by atoms with E-state index < -0.39 is 29.1 Å². The van der Waals surface area contributed by atoms with E-state index in [-0.39, 0.29) is 60.7 Å². The lowest BCUT2D eigenvalue weighted by Crippen LogP contribution is -2.70. The van der Waals surface area contributed by atoms with Gasteiger partial charge in [0.1, 0.15) is 36.6 Å². The van der Waals surface area contributed by atoms with Crippen LogP contribution in [0.2, 0.25) is 0 Å². The second-order valence-electron chi connectivity index (χ2n) is 14.6. The third kappa shape index (κ3) is 4.57. The Hall–Kier alpha value is -1.51. The topological polar surface area (TPSA) is 138 Å². The maximum Gasteiger partial charge on any atom is 0.508 e. The summed E-state index contributed by atoms with van der Waals surface area (Å²) < 4.78 is 42.5. The quantitative estimate of drug-likeness (QED) is 0.130. The summed E-state index contributed by atoms with van der Waals surface area (Å²) in [6.07, 6.45) is 5.16. The Morgan fingerprint density at radius 2 is 1.98 bits per heavy atom. The fraction of sp³-hybridized carbons (Fsp3) is 0.848. The van der Waals surface area contributed by atoms with E-state index in [1.54, 1.807) is 0 Å². The minimum atomic E-state index is -0.815. The minimum Gasteiger partial charge on any atom is -0.458 e. The zero-order chi connectivity index (χ0) is 31.9. The standard InChI is InChI=1S/C33H45NO10S2/c1-18(2)31-25(43-31)26-33(44-26)30(3)10-8-20-21(17-40-27(20)36)22(30)16-23-32(33,42-23)28(31)41-29(37)39-14-13-38-12-11-34-24(35)7-5-4-6-19-9-15-45-46-19/h18-19,22-23,25-26,28H,4-17H2,1-3H3,(H,34,35)/t19?,22-,23-,25-,26-,28+,30-,31-,32+,33+/m0/s1. The van der Waals surface area contributed by atoms with Gasteiger partial charge in [0.2, 0.25) is 5.91 Å². The third-order valence-electron chi connectivity index (χ3n) is 12.2. The molecule has 3 aliphatic carbocycles. The number of nitrogens with one attached hydrogen (secondary N) is 1. The largest absolute Gasteiger partial charge is 0.508 e. The van der Waals surface area contributed by atoms with Crippen LogP contribution in [0.25, 0.3) is 0 Å². The molecule has 0 aromatic carbocycles. The van der Waals surface area contributed by atoms with E-state index in [1.165, 1.54) is 18.6 Å². The smallest absolute Gasteiger partial charge is 0.458 e. The number of esters is 1. The van der Waals surface area contributed by atoms with Gasteiger partial charge in [-0.15, -0.1) is 0 Å². The Labute approximate surface area is 277 Å². The molecule has 46 heavy (non-hydrogen) atoms. The van der Waals surface area contributed by atoms with Crippen molar-refractivity contribution in [2.75, 3.05) is 38.7 Å². The van der Waals surface area contributed by atoms with E-state index in [9.17, 15) is 14.4 Å². The van der Waals surface area contributed by atoms with Gasteiger partial charge in [-0.25, -0.2) is 9.59 Å². The number of rotatable bonds is 13. The van der Waals surface area contributed by atoms with Gasteiger partial charge in [0.05, 0.1) is 19.3 Å². The van der Waals surface area contributed by atoms with Gasteiger partial charge < -0.3 is 38.5 Å². The van der Waals surface area contributed by atoms with Crippen molar-refractivity contribution in [2.45, 2.75) is 119 Å². The second kappa shape index (κ2) is 11.5. The Kier molecular flexibility index (Phi) is 7.96. The van der Waals surface area contributed by atoms with E-state index in [0.29, 0.717) is 32.6 Å². The van der Waals surface area contributed by atoms with Crippen LogP contribution in [0.15, 0.2) is 11.1 Å². The Morgan fingerprint density at radius 1 is 1.11 bits per heavy atom. The van der Waals surface area contributed by atoms with Gasteiger partial charge in [-0.1, -0.05) is 48.8 Å². The first-order chi connectivity index (χ1) is 22.2. The second-order valence-corrected chi connectivity index (χ2v) is 17.4. The lowest BCUT2D eigenvalue weighted by Gasteiger charge is -2.53. The third-order valence-corrected chi connectivity index (χ3v) is 15.2. The zero-order valence-corrected chi connectivity index (χ0v) is 28.5. The van der Waals surface area contributed by atoms with Gasteiger partial charge in [-0.2, -0.15) is 0 Å². The average Bonchev–Trinajstić information content (AvgIpc) is 3.97. The lowest BCUT2D eigenvalue weighted by atomic mass is 9.46. The van der Waals surface area contributed by atoms with Gasteiger partial charge in [0.25, 0.3) is 0 Å². The fourth-order valence-electron chi connectivity index (χ4n) is 9.83. The van der Waals surface area contributed by atoms with Crippen molar-refractivity contribution in [2.24, 2.45) is 17.3 Å². The van der Waals surface area contributed by atoms with Crippen LogP contribution in [0.5, 0.6) is 0 Å². The number of ether oxygens (including phenoxy) is 7. The number of amides is 1. The minimum absolute atomic E-state index is 0.0300. The first-order valence-corrected chi connectivity index (χ1v) is 19.5. The molecule has 2 saturated carbocycles. The number of hydrogen-bond acceptors (Lipinski definition) is 12. The van der Waals surface area contributed by atoms with Gasteiger partial charge in [0, 0.05) is 35.0 Å². The van der Waals surface area contributed by atoms with Gasteiger partial charge in [0.15, 0.2) is 11.7 Å². The molecule has 5 aliphatic heterocycles. The molecule has 6 fully saturated rings. The summed E-state index contributed by atoms with van der Waals surface area (Å²) in [7, 11) is 3.93. The van der Waals surface area contributed by atoms with E-state index in [4.69, 9.17) is 33.2 Å². The molecule has 1 N–H and O–H groups in total. The molecule has 5 heterocycles. The zero-order valence-electron chi connectivity index (χ0n) is 26.8. The molecule has 4 saturated heterocycles. The van der Waals surface area contributed by atoms with Crippen LogP contribution in [-0.4, -0.2) is 103 Å². The van der Waals surface area contributed by atoms with Crippen molar-refractivity contribution in [3.63, 3.8) is 0 Å². The molecule has 2 spiro atoms. The van der Waals surface area contributed by atoms with E-state index in [1.807, 2.05) is 21.6 Å². The molecular weight excluding hydrogens is 634 g/mol. The molecule has 8 rings (SSSR count). The molecule has 8 aliphatic rings. The maximum atomic E-state index is 13.2. The Balaban J connectivity index is 0.833. The summed E-state index contributed by atoms with van der Waals surface area (Å²) in [6.45, 7) is 7.73. The Morgan fingerprint density at radius 3 is 2.78 bits per heavy atom. The van der Waals surface area contributed by atoms with Crippen LogP contribution in [0.1, 0.15) is 72.1 Å². The highest BCUT2D eigenvalue weighted by molar-refractivity contribution is 8.77. The molecular formula is C33H45NO10S2.